The van der Waals surface area contributed by atoms with Gasteiger partial charge in [0, 0.05) is 123 Å². The minimum absolute atomic E-state index is 0. The number of hydrogen-bond donors (Lipinski definition) is 4. The predicted octanol–water partition coefficient (Wildman–Crippen LogP) is 20.8. The summed E-state index contributed by atoms with van der Waals surface area (Å²) in [5.74, 6) is 0.800. The van der Waals surface area contributed by atoms with E-state index in [1.54, 1.807) is 43.1 Å². The van der Waals surface area contributed by atoms with Crippen LogP contribution in [0, 0.1) is 5.95 Å². The number of carbonyl (C=O) groups excluding carboxylic acids is 7. The Labute approximate surface area is 857 Å². The number of nitrogens with one attached hydrogen (secondary N) is 2. The smallest absolute Gasteiger partial charge is 0.454 e. The Kier molecular flexibility index (Phi) is 45.4. The number of para-hydroxylation sites is 1. The van der Waals surface area contributed by atoms with Crippen molar-refractivity contribution in [2.24, 2.45) is 10.1 Å². The van der Waals surface area contributed by atoms with E-state index in [-0.39, 0.29) is 44.6 Å². The number of aromatic amines is 2. The van der Waals surface area contributed by atoms with Crippen molar-refractivity contribution >= 4 is 220 Å². The number of aliphatic imine (C=N–C) groups is 1. The number of Topliss-reactive ketones (excluding diaryl/α,β-unsaturated/α-hetero) is 1. The summed E-state index contributed by atoms with van der Waals surface area (Å²) in [4.78, 5) is 132. The number of alkyl halides is 3. The first-order valence-corrected chi connectivity index (χ1v) is 54.1. The fourth-order valence-electron chi connectivity index (χ4n) is 13.4. The largest absolute Gasteiger partial charge is 0.500 e. The number of carboxylic acid groups (broad SMARTS) is 1. The van der Waals surface area contributed by atoms with Gasteiger partial charge in [0.15, 0.2) is 11.2 Å². The predicted molar refractivity (Wildman–Crippen MR) is 536 cm³/mol. The zero-order chi connectivity index (χ0) is 104. The third-order valence-electron chi connectivity index (χ3n) is 19.4. The van der Waals surface area contributed by atoms with E-state index in [2.05, 4.69) is 104 Å². The van der Waals surface area contributed by atoms with Gasteiger partial charge < -0.3 is 67.6 Å². The maximum Gasteiger partial charge on any atom is 0.454 e. The molecule has 0 unspecified atom stereocenters. The van der Waals surface area contributed by atoms with Crippen molar-refractivity contribution in [3.05, 3.63) is 295 Å². The number of H-pyrrole nitrogens is 2. The number of pyridine rings is 5. The molecule has 768 valence electrons. The number of amides is 1. The minimum Gasteiger partial charge on any atom is -0.500 e. The summed E-state index contributed by atoms with van der Waals surface area (Å²) in [5.41, 5.74) is 16.4. The number of furan rings is 2. The van der Waals surface area contributed by atoms with Crippen LogP contribution < -0.4 is 31.2 Å². The number of fused-ring (bicyclic) bond motifs is 16. The third kappa shape index (κ3) is 34.7. The molecule has 146 heavy (non-hydrogen) atoms. The number of carbonyl (C=O) groups is 7. The number of nitrogens with two attached hydrogens (primary N) is 1. The van der Waals surface area contributed by atoms with Crippen LogP contribution in [0.25, 0.3) is 97.5 Å². The summed E-state index contributed by atoms with van der Waals surface area (Å²) in [6, 6.07) is 49.0. The Morgan fingerprint density at radius 2 is 0.966 bits per heavy atom. The van der Waals surface area contributed by atoms with E-state index in [0.717, 1.165) is 172 Å². The van der Waals surface area contributed by atoms with Crippen molar-refractivity contribution in [3.8, 4) is 17.2 Å². The Hall–Kier alpha value is -14.9. The van der Waals surface area contributed by atoms with E-state index in [9.17, 15) is 70.1 Å². The quantitative estimate of drug-likeness (QED) is 0.0105. The molecule has 6 aromatic carbocycles. The van der Waals surface area contributed by atoms with Gasteiger partial charge in [-0.3, -0.25) is 23.7 Å². The van der Waals surface area contributed by atoms with Crippen LogP contribution in [0.15, 0.2) is 259 Å². The SMILES string of the molecule is C.C.C1=COCC1.CC(=O)[O][Pb]([O]C(C)=O)([O]C(C)=O)[O]C(C)=O.Clc1nc2c(c3ccccc13)OCC2.Clc1nc2ccoc2c2ccccc12.Fc1nc2c(c3ccccc13)OCC2.Nn1nnc2ccccc21.O=C(C1=COCC1)C(F)(F)F.O=C(O)C1=COCC1.O=C=NC1=COCC1.O=P(Cl)(Cl)Cl.O=c1[nH]c2c(c3ccccc13)OCC2.O=c1[nH]c2ccoc2c2ccccc12.[N-]=[N+]=NC(=O)C1=COCC1. The Balaban J connectivity index is 0.000000195. The van der Waals surface area contributed by atoms with E-state index in [1.807, 2.05) is 140 Å². The molecule has 0 fully saturated rings. The fraction of sp³-hybridized carbons (Fsp3) is 0.240. The average molecular weight is 2330 g/mol. The van der Waals surface area contributed by atoms with Crippen molar-refractivity contribution in [1.82, 2.24) is 40.0 Å². The van der Waals surface area contributed by atoms with E-state index >= 15 is 0 Å². The first-order chi connectivity index (χ1) is 68.9. The van der Waals surface area contributed by atoms with Gasteiger partial charge in [0.05, 0.1) is 135 Å². The number of carboxylic acids is 1. The number of isocyanates is 1. The van der Waals surface area contributed by atoms with Gasteiger partial charge >= 0.3 is 122 Å². The summed E-state index contributed by atoms with van der Waals surface area (Å²) in [5, 5.41) is 25.0. The van der Waals surface area contributed by atoms with Crippen molar-refractivity contribution in [3.63, 3.8) is 0 Å². The number of nitrogens with zero attached hydrogens (tertiary/aromatic N) is 10. The number of halogens is 9. The Morgan fingerprint density at radius 3 is 1.45 bits per heavy atom. The van der Waals surface area contributed by atoms with E-state index < -0.39 is 81.8 Å². The second kappa shape index (κ2) is 56.9. The second-order valence-corrected chi connectivity index (χ2v) is 43.9. The normalized spacial score (nSPS) is 13.3. The monoisotopic (exact) mass is 2330 g/mol. The number of nitrogen functional groups attached to an aromatic ring is 1. The molecule has 0 saturated heterocycles. The molecule has 0 spiro atoms. The summed E-state index contributed by atoms with van der Waals surface area (Å²) >= 11 is 20.5. The maximum absolute atomic E-state index is 13.5. The van der Waals surface area contributed by atoms with Crippen molar-refractivity contribution in [2.45, 2.75) is 100 Å². The van der Waals surface area contributed by atoms with Gasteiger partial charge in [-0.15, -0.1) is 5.10 Å². The van der Waals surface area contributed by atoms with Crippen LogP contribution in [0.3, 0.4) is 0 Å². The Bertz CT molecular complexity index is 7290. The number of ether oxygens (including phenoxy) is 8. The molecular formula is C96H91Cl5F4N13O26PPb. The third-order valence-corrected chi connectivity index (χ3v) is 28.3. The number of azide groups is 1. The molecule has 50 heteroatoms. The van der Waals surface area contributed by atoms with Gasteiger partial charge in [-0.25, -0.2) is 24.5 Å². The molecule has 8 aliphatic rings. The summed E-state index contributed by atoms with van der Waals surface area (Å²) < 4.78 is 127. The van der Waals surface area contributed by atoms with Gasteiger partial charge in [-0.1, -0.05) is 153 Å². The first kappa shape index (κ1) is 116. The molecule has 22 rings (SSSR count). The van der Waals surface area contributed by atoms with Crippen LogP contribution in [-0.4, -0.2) is 175 Å². The zero-order valence-electron chi connectivity index (χ0n) is 76.0. The van der Waals surface area contributed by atoms with Crippen LogP contribution in [0.5, 0.6) is 17.2 Å². The molecule has 0 bridgehead atoms. The zero-order valence-corrected chi connectivity index (χ0v) is 84.6. The van der Waals surface area contributed by atoms with Crippen LogP contribution in [0.4, 0.5) is 17.6 Å². The Morgan fingerprint density at radius 1 is 0.527 bits per heavy atom. The van der Waals surface area contributed by atoms with Gasteiger partial charge in [0.1, 0.15) is 50.4 Å². The molecule has 0 atom stereocenters. The molecule has 39 nitrogen and oxygen atoms in total. The molecule has 16 heterocycles. The first-order valence-electron chi connectivity index (χ1n) is 42.5. The molecule has 0 saturated carbocycles. The van der Waals surface area contributed by atoms with Gasteiger partial charge in [0.2, 0.25) is 17.9 Å². The van der Waals surface area contributed by atoms with Crippen molar-refractivity contribution < 1.29 is 123 Å². The van der Waals surface area contributed by atoms with Crippen molar-refractivity contribution in [2.75, 3.05) is 58.7 Å². The summed E-state index contributed by atoms with van der Waals surface area (Å²) in [6.45, 7) is 8.72. The summed E-state index contributed by atoms with van der Waals surface area (Å²) in [7, 11) is 0. The number of aliphatic carboxylic acids is 1. The maximum atomic E-state index is 13.5. The van der Waals surface area contributed by atoms with Gasteiger partial charge in [-0.2, -0.15) is 27.3 Å². The van der Waals surface area contributed by atoms with Crippen LogP contribution >= 0.6 is 62.1 Å². The summed E-state index contributed by atoms with van der Waals surface area (Å²) in [6.07, 6.45) is 13.9. The number of hydrogen-bond acceptors (Lipinski definition) is 32. The second-order valence-electron chi connectivity index (χ2n) is 29.5. The molecule has 8 aliphatic heterocycles. The molecule has 0 aliphatic carbocycles. The van der Waals surface area contributed by atoms with Crippen LogP contribution in [-0.2, 0) is 96.6 Å². The molecule has 0 radical (unpaired) electrons. The number of benzene rings is 6. The van der Waals surface area contributed by atoms with Crippen molar-refractivity contribution in [1.29, 1.82) is 0 Å². The number of ketones is 1. The number of rotatable bonds is 8. The fourth-order valence-corrected chi connectivity index (χ4v) is 20.3. The minimum atomic E-state index is -5.43. The van der Waals surface area contributed by atoms with E-state index in [0.29, 0.717) is 102 Å². The van der Waals surface area contributed by atoms with Crippen LogP contribution in [0.1, 0.15) is 91.7 Å². The molecule has 5 N–H and O–H groups in total. The van der Waals surface area contributed by atoms with E-state index in [1.165, 1.54) is 29.7 Å². The molecule has 8 aromatic heterocycles. The molecule has 14 aromatic rings. The molecule has 1 amide bonds. The van der Waals surface area contributed by atoms with Gasteiger partial charge in [0.25, 0.3) is 16.9 Å². The van der Waals surface area contributed by atoms with Gasteiger partial charge in [-0.05, 0) is 86.0 Å². The standard InChI is InChI=1S/C11H8ClNO.C11H6ClNO.C11H8FNO.C11H9NO2.C11H7NO2.C6H5F3O2.C6H6N4.C5H5N3O2.C5H5NO2.C5H6O3.C4H6O.4C2H4O2.2CH4.Cl3OP.Pb/c3*12-11-8-4-2-1-3-7(8)10-9(13-11)5-6-14-10;2*13-11-8-4-2-1-3-7(8)10-9(12-11)5-6-14-10;7-6(8,9)5(10)4-1-2-11-3-4;7-10-6-4-2-1-3-5(6)8-9-10;6-8-7-5(9)4-1-2-10-3-4;7-4-6-5-1-2-8-3-5;6-5(7)4-1-2-8-3-4;1-2-4-5-3-1;4*1-2(3)4;;;1-5(2,3)4;/h1-4H,5-6H2;1-6H;1-4H,5-6H2;1-4H,5-6H2,(H,12,13);1-6H,(H,12,13);3H,1-2H2;1-4H,7H2;3H,1-2H2;3H,1-2H2;3H,1-2H2,(H,6,7);1,3H,2,4H2;4*1H3,(H,3,4);2*1H4;;/q;;;;;;;;;;;;;;;;;;+4/p-4. The number of aromatic nitrogens is 8. The van der Waals surface area contributed by atoms with Crippen LogP contribution in [0.2, 0.25) is 10.3 Å². The van der Waals surface area contributed by atoms with E-state index in [4.69, 9.17) is 76.9 Å². The topological polar surface area (TPSA) is 533 Å². The average Bonchev–Trinajstić information content (AvgIpc) is 1.60. The molecular weight excluding hydrogens is 2240 g/mol.